The number of aromatic nitrogens is 2. The van der Waals surface area contributed by atoms with E-state index in [2.05, 4.69) is 42.5 Å². The van der Waals surface area contributed by atoms with Crippen LogP contribution >= 0.6 is 11.6 Å². The van der Waals surface area contributed by atoms with Gasteiger partial charge in [0.1, 0.15) is 0 Å². The van der Waals surface area contributed by atoms with Crippen molar-refractivity contribution in [3.63, 3.8) is 0 Å². The Morgan fingerprint density at radius 3 is 2.56 bits per heavy atom. The largest absolute Gasteiger partial charge is 0.308 e. The lowest BCUT2D eigenvalue weighted by molar-refractivity contribution is 0.604. The molecule has 0 fully saturated rings. The number of benzene rings is 1. The summed E-state index contributed by atoms with van der Waals surface area (Å²) in [7, 11) is 3.85. The van der Waals surface area contributed by atoms with Gasteiger partial charge in [0.05, 0.1) is 23.0 Å². The van der Waals surface area contributed by atoms with E-state index in [4.69, 9.17) is 11.6 Å². The van der Waals surface area contributed by atoms with Gasteiger partial charge in [0.15, 0.2) is 0 Å². The Bertz CT molecular complexity index is 541. The quantitative estimate of drug-likeness (QED) is 0.923. The second kappa shape index (κ2) is 5.12. The van der Waals surface area contributed by atoms with Crippen LogP contribution in [0.15, 0.2) is 24.4 Å². The molecule has 3 nitrogen and oxygen atoms in total. The standard InChI is InChI=1S/C14H18ClN3/c1-9-5-6-11(10(2)7-9)13(16-3)14-12(15)8-17-18(14)4/h5-8,13,16H,1-4H3. The first-order valence-electron chi connectivity index (χ1n) is 5.96. The van der Waals surface area contributed by atoms with E-state index in [1.54, 1.807) is 6.20 Å². The molecule has 4 heteroatoms. The molecular formula is C14H18ClN3. The molecule has 0 spiro atoms. The molecular weight excluding hydrogens is 246 g/mol. The minimum absolute atomic E-state index is 0.0607. The van der Waals surface area contributed by atoms with E-state index in [0.29, 0.717) is 5.02 Å². The molecule has 1 aromatic heterocycles. The minimum atomic E-state index is 0.0607. The fourth-order valence-electron chi connectivity index (χ4n) is 2.33. The summed E-state index contributed by atoms with van der Waals surface area (Å²) in [6.07, 6.45) is 1.69. The Hall–Kier alpha value is -1.32. The maximum absolute atomic E-state index is 6.23. The number of rotatable bonds is 3. The highest BCUT2D eigenvalue weighted by Gasteiger charge is 2.20. The molecule has 1 heterocycles. The molecule has 0 radical (unpaired) electrons. The molecule has 0 aliphatic rings. The molecule has 1 aromatic carbocycles. The first-order chi connectivity index (χ1) is 8.54. The zero-order valence-corrected chi connectivity index (χ0v) is 11.9. The molecule has 1 N–H and O–H groups in total. The van der Waals surface area contributed by atoms with Crippen molar-refractivity contribution in [2.45, 2.75) is 19.9 Å². The second-order valence-corrected chi connectivity index (χ2v) is 4.99. The first kappa shape index (κ1) is 13.1. The number of hydrogen-bond donors (Lipinski definition) is 1. The summed E-state index contributed by atoms with van der Waals surface area (Å²) in [6, 6.07) is 6.52. The lowest BCUT2D eigenvalue weighted by atomic mass is 9.97. The van der Waals surface area contributed by atoms with Gasteiger partial charge in [-0.2, -0.15) is 5.10 Å². The predicted molar refractivity (Wildman–Crippen MR) is 75.0 cm³/mol. The third kappa shape index (κ3) is 2.28. The van der Waals surface area contributed by atoms with Crippen LogP contribution in [-0.2, 0) is 7.05 Å². The van der Waals surface area contributed by atoms with E-state index in [1.165, 1.54) is 16.7 Å². The smallest absolute Gasteiger partial charge is 0.0837 e. The fourth-order valence-corrected chi connectivity index (χ4v) is 2.61. The van der Waals surface area contributed by atoms with Gasteiger partial charge in [-0.3, -0.25) is 4.68 Å². The third-order valence-electron chi connectivity index (χ3n) is 3.24. The molecule has 0 amide bonds. The van der Waals surface area contributed by atoms with Crippen molar-refractivity contribution in [1.29, 1.82) is 0 Å². The van der Waals surface area contributed by atoms with Crippen molar-refractivity contribution in [2.24, 2.45) is 7.05 Å². The normalized spacial score (nSPS) is 12.7. The minimum Gasteiger partial charge on any atom is -0.308 e. The van der Waals surface area contributed by atoms with Gasteiger partial charge in [-0.05, 0) is 32.0 Å². The molecule has 0 saturated carbocycles. The van der Waals surface area contributed by atoms with Gasteiger partial charge in [0.2, 0.25) is 0 Å². The molecule has 1 atom stereocenters. The summed E-state index contributed by atoms with van der Waals surface area (Å²) in [5, 5.41) is 8.21. The Labute approximate surface area is 113 Å². The maximum Gasteiger partial charge on any atom is 0.0837 e. The van der Waals surface area contributed by atoms with Crippen molar-refractivity contribution < 1.29 is 0 Å². The summed E-state index contributed by atoms with van der Waals surface area (Å²) < 4.78 is 1.82. The molecule has 18 heavy (non-hydrogen) atoms. The van der Waals surface area contributed by atoms with E-state index in [9.17, 15) is 0 Å². The van der Waals surface area contributed by atoms with Gasteiger partial charge in [-0.25, -0.2) is 0 Å². The molecule has 0 aliphatic carbocycles. The highest BCUT2D eigenvalue weighted by Crippen LogP contribution is 2.29. The Morgan fingerprint density at radius 2 is 2.06 bits per heavy atom. The Morgan fingerprint density at radius 1 is 1.33 bits per heavy atom. The number of hydrogen-bond acceptors (Lipinski definition) is 2. The lowest BCUT2D eigenvalue weighted by Crippen LogP contribution is -2.22. The van der Waals surface area contributed by atoms with Gasteiger partial charge >= 0.3 is 0 Å². The molecule has 96 valence electrons. The highest BCUT2D eigenvalue weighted by molar-refractivity contribution is 6.31. The van der Waals surface area contributed by atoms with Crippen LogP contribution in [0.5, 0.6) is 0 Å². The first-order valence-corrected chi connectivity index (χ1v) is 6.34. The van der Waals surface area contributed by atoms with Crippen LogP contribution in [0, 0.1) is 13.8 Å². The average molecular weight is 264 g/mol. The summed E-state index contributed by atoms with van der Waals surface area (Å²) in [4.78, 5) is 0. The van der Waals surface area contributed by atoms with Gasteiger partial charge in [0.25, 0.3) is 0 Å². The lowest BCUT2D eigenvalue weighted by Gasteiger charge is -2.20. The van der Waals surface area contributed by atoms with Crippen LogP contribution < -0.4 is 5.32 Å². The van der Waals surface area contributed by atoms with Crippen LogP contribution in [0.1, 0.15) is 28.4 Å². The van der Waals surface area contributed by atoms with Gasteiger partial charge in [-0.1, -0.05) is 35.4 Å². The third-order valence-corrected chi connectivity index (χ3v) is 3.53. The molecule has 2 rings (SSSR count). The van der Waals surface area contributed by atoms with E-state index in [0.717, 1.165) is 5.69 Å². The number of nitrogens with zero attached hydrogens (tertiary/aromatic N) is 2. The average Bonchev–Trinajstić information content (AvgIpc) is 2.64. The molecule has 0 bridgehead atoms. The van der Waals surface area contributed by atoms with E-state index >= 15 is 0 Å². The zero-order chi connectivity index (χ0) is 13.3. The summed E-state index contributed by atoms with van der Waals surface area (Å²) in [5.41, 5.74) is 4.74. The van der Waals surface area contributed by atoms with Crippen molar-refractivity contribution >= 4 is 11.6 Å². The number of halogens is 1. The van der Waals surface area contributed by atoms with Crippen molar-refractivity contribution in [3.8, 4) is 0 Å². The van der Waals surface area contributed by atoms with Gasteiger partial charge < -0.3 is 5.32 Å². The van der Waals surface area contributed by atoms with E-state index < -0.39 is 0 Å². The van der Waals surface area contributed by atoms with Crippen LogP contribution in [-0.4, -0.2) is 16.8 Å². The number of aryl methyl sites for hydroxylation is 3. The maximum atomic E-state index is 6.23. The van der Waals surface area contributed by atoms with Crippen LogP contribution in [0.4, 0.5) is 0 Å². The SMILES string of the molecule is CNC(c1ccc(C)cc1C)c1c(Cl)cnn1C. The fraction of sp³-hybridized carbons (Fsp3) is 0.357. The monoisotopic (exact) mass is 263 g/mol. The molecule has 1 unspecified atom stereocenters. The van der Waals surface area contributed by atoms with Crippen LogP contribution in [0.3, 0.4) is 0 Å². The van der Waals surface area contributed by atoms with E-state index in [1.807, 2.05) is 18.8 Å². The summed E-state index contributed by atoms with van der Waals surface area (Å²) in [5.74, 6) is 0. The Balaban J connectivity index is 2.52. The predicted octanol–water partition coefficient (Wildman–Crippen LogP) is 3.00. The van der Waals surface area contributed by atoms with Crippen LogP contribution in [0.2, 0.25) is 5.02 Å². The van der Waals surface area contributed by atoms with Crippen molar-refractivity contribution in [1.82, 2.24) is 15.1 Å². The zero-order valence-electron chi connectivity index (χ0n) is 11.2. The van der Waals surface area contributed by atoms with Gasteiger partial charge in [0, 0.05) is 7.05 Å². The topological polar surface area (TPSA) is 29.9 Å². The van der Waals surface area contributed by atoms with Crippen molar-refractivity contribution in [3.05, 3.63) is 51.8 Å². The second-order valence-electron chi connectivity index (χ2n) is 4.58. The summed E-state index contributed by atoms with van der Waals surface area (Å²) in [6.45, 7) is 4.22. The van der Waals surface area contributed by atoms with Gasteiger partial charge in [-0.15, -0.1) is 0 Å². The number of nitrogens with one attached hydrogen (secondary N) is 1. The van der Waals surface area contributed by atoms with Crippen molar-refractivity contribution in [2.75, 3.05) is 7.05 Å². The van der Waals surface area contributed by atoms with Crippen LogP contribution in [0.25, 0.3) is 0 Å². The molecule has 0 aliphatic heterocycles. The molecule has 2 aromatic rings. The van der Waals surface area contributed by atoms with E-state index in [-0.39, 0.29) is 6.04 Å². The summed E-state index contributed by atoms with van der Waals surface area (Å²) >= 11 is 6.23. The Kier molecular flexibility index (Phi) is 3.73. The highest BCUT2D eigenvalue weighted by atomic mass is 35.5. The molecule has 0 saturated heterocycles.